The van der Waals surface area contributed by atoms with Gasteiger partial charge in [0.1, 0.15) is 8.07 Å². The van der Waals surface area contributed by atoms with Crippen LogP contribution in [0.1, 0.15) is 39.5 Å². The smallest absolute Gasteiger partial charge is 0.127 e. The zero-order valence-corrected chi connectivity index (χ0v) is 13.9. The molecule has 15 heavy (non-hydrogen) atoms. The maximum Gasteiger partial charge on any atom is 0.129 e. The van der Waals surface area contributed by atoms with Crippen LogP contribution in [0.3, 0.4) is 0 Å². The van der Waals surface area contributed by atoms with Crippen molar-refractivity contribution in [2.75, 3.05) is 0 Å². The van der Waals surface area contributed by atoms with Crippen LogP contribution in [0, 0.1) is 11.5 Å². The molecule has 0 fully saturated rings. The Morgan fingerprint density at radius 2 is 1.60 bits per heavy atom. The summed E-state index contributed by atoms with van der Waals surface area (Å²) in [5.41, 5.74) is 4.86. The van der Waals surface area contributed by atoms with Crippen molar-refractivity contribution in [3.8, 4) is 11.5 Å². The fourth-order valence-corrected chi connectivity index (χ4v) is 2.62. The summed E-state index contributed by atoms with van der Waals surface area (Å²) in [6, 6.07) is 0. The van der Waals surface area contributed by atoms with Gasteiger partial charge in [-0.1, -0.05) is 52.3 Å². The van der Waals surface area contributed by atoms with Crippen LogP contribution in [0.15, 0.2) is 9.15 Å². The third-order valence-corrected chi connectivity index (χ3v) is 3.95. The lowest BCUT2D eigenvalue weighted by Gasteiger charge is -2.06. The quantitative estimate of drug-likeness (QED) is 0.379. The van der Waals surface area contributed by atoms with Gasteiger partial charge in [-0.15, -0.1) is 5.54 Å². The minimum Gasteiger partial charge on any atom is -0.127 e. The van der Waals surface area contributed by atoms with E-state index in [4.69, 9.17) is 0 Å². The van der Waals surface area contributed by atoms with Gasteiger partial charge in [0.2, 0.25) is 0 Å². The highest BCUT2D eigenvalue weighted by molar-refractivity contribution is 14.1. The van der Waals surface area contributed by atoms with Crippen molar-refractivity contribution in [3.63, 3.8) is 0 Å². The molecule has 0 heterocycles. The molecule has 0 N–H and O–H groups in total. The lowest BCUT2D eigenvalue weighted by atomic mass is 10.1. The molecule has 0 unspecified atom stereocenters. The molecule has 86 valence electrons. The predicted molar refractivity (Wildman–Crippen MR) is 82.0 cm³/mol. The maximum absolute atomic E-state index is 3.47. The SMILES string of the molecule is CCC/C(I)=C(/C#C[Si](C)(C)C)CCC. The average Bonchev–Trinajstić information content (AvgIpc) is 2.11. The second kappa shape index (κ2) is 7.51. The van der Waals surface area contributed by atoms with Crippen LogP contribution in [0.4, 0.5) is 0 Å². The largest absolute Gasteiger partial charge is 0.129 e. The third kappa shape index (κ3) is 8.10. The highest BCUT2D eigenvalue weighted by Crippen LogP contribution is 2.21. The van der Waals surface area contributed by atoms with E-state index in [-0.39, 0.29) is 0 Å². The van der Waals surface area contributed by atoms with Gasteiger partial charge in [-0.3, -0.25) is 0 Å². The first kappa shape index (κ1) is 15.2. The monoisotopic (exact) mass is 334 g/mol. The molecular formula is C13H23ISi. The van der Waals surface area contributed by atoms with Crippen LogP contribution < -0.4 is 0 Å². The Balaban J connectivity index is 4.79. The first-order valence-corrected chi connectivity index (χ1v) is 10.4. The van der Waals surface area contributed by atoms with Crippen molar-refractivity contribution in [1.29, 1.82) is 0 Å². The fraction of sp³-hybridized carbons (Fsp3) is 0.692. The molecule has 0 bridgehead atoms. The Bertz CT molecular complexity index is 273. The van der Waals surface area contributed by atoms with Crippen molar-refractivity contribution in [3.05, 3.63) is 9.15 Å². The minimum atomic E-state index is -1.22. The van der Waals surface area contributed by atoms with Crippen molar-refractivity contribution in [1.82, 2.24) is 0 Å². The lowest BCUT2D eigenvalue weighted by molar-refractivity contribution is 0.896. The number of halogens is 1. The molecule has 0 nitrogen and oxygen atoms in total. The summed E-state index contributed by atoms with van der Waals surface area (Å²) in [5, 5.41) is 0. The summed E-state index contributed by atoms with van der Waals surface area (Å²) in [7, 11) is -1.22. The molecule has 0 amide bonds. The zero-order valence-electron chi connectivity index (χ0n) is 10.7. The summed E-state index contributed by atoms with van der Waals surface area (Å²) in [6.45, 7) is 11.4. The zero-order chi connectivity index (χ0) is 11.9. The Kier molecular flexibility index (Phi) is 7.63. The lowest BCUT2D eigenvalue weighted by Crippen LogP contribution is -2.16. The molecule has 0 aromatic rings. The van der Waals surface area contributed by atoms with Crippen LogP contribution in [-0.4, -0.2) is 8.07 Å². The van der Waals surface area contributed by atoms with E-state index >= 15 is 0 Å². The number of rotatable bonds is 4. The molecule has 0 aliphatic heterocycles. The molecule has 2 heteroatoms. The second-order valence-electron chi connectivity index (χ2n) is 4.88. The van der Waals surface area contributed by atoms with Gasteiger partial charge in [0.25, 0.3) is 0 Å². The molecule has 0 aromatic heterocycles. The Labute approximate surface area is 110 Å². The van der Waals surface area contributed by atoms with Gasteiger partial charge in [-0.25, -0.2) is 0 Å². The van der Waals surface area contributed by atoms with Gasteiger partial charge in [0.05, 0.1) is 0 Å². The van der Waals surface area contributed by atoms with Crippen molar-refractivity contribution >= 4 is 30.7 Å². The van der Waals surface area contributed by atoms with E-state index in [1.807, 2.05) is 0 Å². The highest BCUT2D eigenvalue weighted by atomic mass is 127. The summed E-state index contributed by atoms with van der Waals surface area (Å²) in [5.74, 6) is 3.43. The maximum atomic E-state index is 3.47. The van der Waals surface area contributed by atoms with Gasteiger partial charge < -0.3 is 0 Å². The first-order chi connectivity index (χ1) is 6.90. The average molecular weight is 334 g/mol. The summed E-state index contributed by atoms with van der Waals surface area (Å²) in [4.78, 5) is 0. The molecule has 0 radical (unpaired) electrons. The number of hydrogen-bond acceptors (Lipinski definition) is 0. The molecule has 0 saturated heterocycles. The Morgan fingerprint density at radius 1 is 1.07 bits per heavy atom. The van der Waals surface area contributed by atoms with Crippen molar-refractivity contribution in [2.24, 2.45) is 0 Å². The molecular weight excluding hydrogens is 311 g/mol. The highest BCUT2D eigenvalue weighted by Gasteiger charge is 2.08. The predicted octanol–water partition coefficient (Wildman–Crippen LogP) is 5.16. The van der Waals surface area contributed by atoms with Crippen LogP contribution in [0.5, 0.6) is 0 Å². The summed E-state index contributed by atoms with van der Waals surface area (Å²) >= 11 is 2.47. The van der Waals surface area contributed by atoms with E-state index in [0.29, 0.717) is 0 Å². The summed E-state index contributed by atoms with van der Waals surface area (Å²) < 4.78 is 1.47. The van der Waals surface area contributed by atoms with Crippen LogP contribution >= 0.6 is 22.6 Å². The second-order valence-corrected chi connectivity index (χ2v) is 10.9. The minimum absolute atomic E-state index is 1.15. The fourth-order valence-electron chi connectivity index (χ4n) is 1.15. The Morgan fingerprint density at radius 3 is 2.00 bits per heavy atom. The van der Waals surface area contributed by atoms with Crippen molar-refractivity contribution < 1.29 is 0 Å². The molecule has 0 rings (SSSR count). The number of hydrogen-bond donors (Lipinski definition) is 0. The summed E-state index contributed by atoms with van der Waals surface area (Å²) in [6.07, 6.45) is 4.76. The van der Waals surface area contributed by atoms with Gasteiger partial charge >= 0.3 is 0 Å². The van der Waals surface area contributed by atoms with E-state index < -0.39 is 8.07 Å². The number of allylic oxidation sites excluding steroid dienone is 2. The van der Waals surface area contributed by atoms with Gasteiger partial charge in [-0.05, 0) is 35.4 Å². The molecule has 0 aliphatic rings. The first-order valence-electron chi connectivity index (χ1n) is 5.81. The topological polar surface area (TPSA) is 0 Å². The van der Waals surface area contributed by atoms with E-state index in [0.717, 1.165) is 6.42 Å². The third-order valence-electron chi connectivity index (χ3n) is 1.89. The van der Waals surface area contributed by atoms with E-state index in [2.05, 4.69) is 67.5 Å². The van der Waals surface area contributed by atoms with E-state index in [1.54, 1.807) is 0 Å². The van der Waals surface area contributed by atoms with Crippen LogP contribution in [-0.2, 0) is 0 Å². The van der Waals surface area contributed by atoms with E-state index in [1.165, 1.54) is 28.4 Å². The van der Waals surface area contributed by atoms with Gasteiger partial charge in [-0.2, -0.15) is 0 Å². The molecule has 0 atom stereocenters. The standard InChI is InChI=1S/C13H23ISi/c1-6-8-12(13(14)9-7-2)10-11-15(3,4)5/h6-9H2,1-5H3/b13-12-. The molecule has 0 saturated carbocycles. The van der Waals surface area contributed by atoms with Crippen LogP contribution in [0.25, 0.3) is 0 Å². The molecule has 0 spiro atoms. The molecule has 0 aliphatic carbocycles. The normalized spacial score (nSPS) is 12.9. The Hall–Kier alpha value is 0.247. The van der Waals surface area contributed by atoms with Gasteiger partial charge in [0, 0.05) is 9.15 Å². The van der Waals surface area contributed by atoms with Crippen molar-refractivity contribution in [2.45, 2.75) is 59.2 Å². The van der Waals surface area contributed by atoms with Crippen LogP contribution in [0.2, 0.25) is 19.6 Å². The molecule has 0 aromatic carbocycles. The van der Waals surface area contributed by atoms with Gasteiger partial charge in [0.15, 0.2) is 0 Å². The van der Waals surface area contributed by atoms with E-state index in [9.17, 15) is 0 Å².